The molecule has 1 aliphatic rings. The molecule has 0 atom stereocenters. The number of nitrogens with one attached hydrogen (secondary N) is 1. The molecule has 0 aromatic carbocycles. The van der Waals surface area contributed by atoms with Crippen LogP contribution in [0.5, 0.6) is 0 Å². The second kappa shape index (κ2) is 6.58. The minimum atomic E-state index is 0.914. The Morgan fingerprint density at radius 3 is 3.20 bits per heavy atom. The fourth-order valence-corrected chi connectivity index (χ4v) is 4.19. The third kappa shape index (κ3) is 3.15. The number of thioether (sulfide) groups is 1. The molecule has 0 unspecified atom stereocenters. The van der Waals surface area contributed by atoms with Gasteiger partial charge in [-0.15, -0.1) is 21.5 Å². The van der Waals surface area contributed by atoms with Gasteiger partial charge in [0.05, 0.1) is 0 Å². The first-order valence-electron chi connectivity index (χ1n) is 7.10. The summed E-state index contributed by atoms with van der Waals surface area (Å²) in [5, 5.41) is 14.0. The predicted molar refractivity (Wildman–Crippen MR) is 83.4 cm³/mol. The third-order valence-corrected chi connectivity index (χ3v) is 5.45. The summed E-state index contributed by atoms with van der Waals surface area (Å²) < 4.78 is 2.30. The molecule has 0 aliphatic carbocycles. The minimum absolute atomic E-state index is 0.914. The summed E-state index contributed by atoms with van der Waals surface area (Å²) in [6.45, 7) is 4.06. The molecular weight excluding hydrogens is 290 g/mol. The van der Waals surface area contributed by atoms with Crippen molar-refractivity contribution >= 4 is 28.2 Å². The number of aryl methyl sites for hydroxylation is 1. The maximum atomic E-state index is 4.36. The lowest BCUT2D eigenvalue weighted by Gasteiger charge is -2.05. The number of hydrogen-bond acceptors (Lipinski definition) is 6. The third-order valence-electron chi connectivity index (χ3n) is 3.30. The van der Waals surface area contributed by atoms with Crippen molar-refractivity contribution in [3.05, 3.63) is 16.9 Å². The number of hydrogen-bond donors (Lipinski definition) is 1. The van der Waals surface area contributed by atoms with E-state index in [1.54, 1.807) is 23.1 Å². The molecule has 2 aromatic heterocycles. The first-order valence-corrected chi connectivity index (χ1v) is 8.90. The summed E-state index contributed by atoms with van der Waals surface area (Å²) in [5.41, 5.74) is 0. The van der Waals surface area contributed by atoms with Gasteiger partial charge in [-0.25, -0.2) is 4.98 Å². The molecule has 0 radical (unpaired) electrons. The summed E-state index contributed by atoms with van der Waals surface area (Å²) in [6, 6.07) is 0. The SMILES string of the molecule is CCNc1ncc(CSc2nnc3n2CCCCC3)s1. The van der Waals surface area contributed by atoms with Crippen molar-refractivity contribution in [1.29, 1.82) is 0 Å². The van der Waals surface area contributed by atoms with Gasteiger partial charge in [0.25, 0.3) is 0 Å². The first kappa shape index (κ1) is 13.9. The maximum Gasteiger partial charge on any atom is 0.191 e. The van der Waals surface area contributed by atoms with E-state index in [1.165, 1.54) is 24.1 Å². The number of thiazole rings is 1. The average molecular weight is 309 g/mol. The molecule has 0 bridgehead atoms. The average Bonchev–Trinajstić information content (AvgIpc) is 2.98. The fourth-order valence-electron chi connectivity index (χ4n) is 2.31. The van der Waals surface area contributed by atoms with E-state index in [-0.39, 0.29) is 0 Å². The molecule has 0 saturated carbocycles. The van der Waals surface area contributed by atoms with Crippen LogP contribution in [0.15, 0.2) is 11.4 Å². The van der Waals surface area contributed by atoms with Crippen LogP contribution in [-0.2, 0) is 18.7 Å². The highest BCUT2D eigenvalue weighted by molar-refractivity contribution is 7.98. The summed E-state index contributed by atoms with van der Waals surface area (Å²) >= 11 is 3.49. The Morgan fingerprint density at radius 1 is 1.35 bits per heavy atom. The molecule has 7 heteroatoms. The van der Waals surface area contributed by atoms with Crippen LogP contribution in [0.25, 0.3) is 0 Å². The second-order valence-corrected chi connectivity index (χ2v) is 6.87. The number of anilines is 1. The van der Waals surface area contributed by atoms with Crippen LogP contribution < -0.4 is 5.32 Å². The van der Waals surface area contributed by atoms with Gasteiger partial charge in [-0.1, -0.05) is 18.2 Å². The Kier molecular flexibility index (Phi) is 4.57. The Morgan fingerprint density at radius 2 is 2.30 bits per heavy atom. The lowest BCUT2D eigenvalue weighted by atomic mass is 10.2. The van der Waals surface area contributed by atoms with Gasteiger partial charge in [0.2, 0.25) is 0 Å². The van der Waals surface area contributed by atoms with Gasteiger partial charge in [0.1, 0.15) is 5.82 Å². The summed E-state index contributed by atoms with van der Waals surface area (Å²) in [4.78, 5) is 5.63. The van der Waals surface area contributed by atoms with E-state index in [1.807, 2.05) is 6.20 Å². The first-order chi connectivity index (χ1) is 9.86. The molecule has 1 aliphatic heterocycles. The molecule has 2 aromatic rings. The molecule has 0 spiro atoms. The van der Waals surface area contributed by atoms with Gasteiger partial charge >= 0.3 is 0 Å². The smallest absolute Gasteiger partial charge is 0.191 e. The van der Waals surface area contributed by atoms with Gasteiger partial charge in [0.15, 0.2) is 10.3 Å². The van der Waals surface area contributed by atoms with Crippen LogP contribution in [0.2, 0.25) is 0 Å². The molecule has 3 heterocycles. The fraction of sp³-hybridized carbons (Fsp3) is 0.615. The number of aromatic nitrogens is 4. The number of fused-ring (bicyclic) bond motifs is 1. The Hall–Kier alpha value is -1.08. The van der Waals surface area contributed by atoms with Crippen molar-refractivity contribution in [2.24, 2.45) is 0 Å². The highest BCUT2D eigenvalue weighted by Crippen LogP contribution is 2.28. The maximum absolute atomic E-state index is 4.36. The Bertz CT molecular complexity index is 563. The quantitative estimate of drug-likeness (QED) is 0.860. The largest absolute Gasteiger partial charge is 0.362 e. The number of rotatable bonds is 5. The predicted octanol–water partition coefficient (Wildman–Crippen LogP) is 3.19. The molecule has 108 valence electrons. The van der Waals surface area contributed by atoms with Gasteiger partial charge in [-0.3, -0.25) is 0 Å². The van der Waals surface area contributed by atoms with Crippen molar-refractivity contribution in [3.8, 4) is 0 Å². The molecule has 3 rings (SSSR count). The van der Waals surface area contributed by atoms with Crippen LogP contribution in [0.4, 0.5) is 5.13 Å². The number of nitrogens with zero attached hydrogens (tertiary/aromatic N) is 4. The van der Waals surface area contributed by atoms with Crippen molar-refractivity contribution < 1.29 is 0 Å². The van der Waals surface area contributed by atoms with E-state index in [9.17, 15) is 0 Å². The molecule has 20 heavy (non-hydrogen) atoms. The van der Waals surface area contributed by atoms with Crippen molar-refractivity contribution in [2.75, 3.05) is 11.9 Å². The Labute approximate surface area is 127 Å². The molecule has 1 N–H and O–H groups in total. The van der Waals surface area contributed by atoms with Gasteiger partial charge in [0, 0.05) is 36.3 Å². The van der Waals surface area contributed by atoms with E-state index in [0.29, 0.717) is 0 Å². The summed E-state index contributed by atoms with van der Waals surface area (Å²) in [7, 11) is 0. The topological polar surface area (TPSA) is 55.6 Å². The van der Waals surface area contributed by atoms with Crippen molar-refractivity contribution in [3.63, 3.8) is 0 Å². The van der Waals surface area contributed by atoms with E-state index < -0.39 is 0 Å². The van der Waals surface area contributed by atoms with Crippen LogP contribution in [0.3, 0.4) is 0 Å². The summed E-state index contributed by atoms with van der Waals surface area (Å²) in [5.74, 6) is 2.07. The van der Waals surface area contributed by atoms with Crippen molar-refractivity contribution in [1.82, 2.24) is 19.7 Å². The highest BCUT2D eigenvalue weighted by Gasteiger charge is 2.15. The van der Waals surface area contributed by atoms with Gasteiger partial charge in [-0.2, -0.15) is 0 Å². The molecule has 0 amide bonds. The standard InChI is InChI=1S/C13H19N5S2/c1-2-14-12-15-8-10(20-12)9-19-13-17-16-11-6-4-3-5-7-18(11)13/h8H,2-7,9H2,1H3,(H,14,15). The van der Waals surface area contributed by atoms with Crippen molar-refractivity contribution in [2.45, 2.75) is 50.1 Å². The van der Waals surface area contributed by atoms with E-state index in [2.05, 4.69) is 32.0 Å². The molecule has 5 nitrogen and oxygen atoms in total. The zero-order chi connectivity index (χ0) is 13.8. The minimum Gasteiger partial charge on any atom is -0.362 e. The Balaban J connectivity index is 1.64. The zero-order valence-corrected chi connectivity index (χ0v) is 13.3. The van der Waals surface area contributed by atoms with Crippen LogP contribution in [0, 0.1) is 0 Å². The second-order valence-electron chi connectivity index (χ2n) is 4.81. The monoisotopic (exact) mass is 309 g/mol. The molecule has 0 saturated heterocycles. The van der Waals surface area contributed by atoms with Crippen LogP contribution in [-0.4, -0.2) is 26.3 Å². The lowest BCUT2D eigenvalue weighted by Crippen LogP contribution is -2.02. The van der Waals surface area contributed by atoms with Crippen LogP contribution >= 0.6 is 23.1 Å². The van der Waals surface area contributed by atoms with Crippen LogP contribution in [0.1, 0.15) is 36.9 Å². The lowest BCUT2D eigenvalue weighted by molar-refractivity contribution is 0.591. The highest BCUT2D eigenvalue weighted by atomic mass is 32.2. The van der Waals surface area contributed by atoms with E-state index >= 15 is 0 Å². The molecule has 0 fully saturated rings. The van der Waals surface area contributed by atoms with E-state index in [0.717, 1.165) is 41.4 Å². The normalized spacial score (nSPS) is 14.8. The van der Waals surface area contributed by atoms with Gasteiger partial charge < -0.3 is 9.88 Å². The molecular formula is C13H19N5S2. The summed E-state index contributed by atoms with van der Waals surface area (Å²) in [6.07, 6.45) is 6.80. The van der Waals surface area contributed by atoms with Gasteiger partial charge in [-0.05, 0) is 19.8 Å². The van der Waals surface area contributed by atoms with E-state index in [4.69, 9.17) is 0 Å². The zero-order valence-electron chi connectivity index (χ0n) is 11.6.